The molecule has 1 aromatic carbocycles. The zero-order chi connectivity index (χ0) is 14.7. The molecule has 1 aliphatic heterocycles. The quantitative estimate of drug-likeness (QED) is 0.920. The Hall–Kier alpha value is -1.26. The topological polar surface area (TPSA) is 41.7 Å². The first-order chi connectivity index (χ1) is 10.3. The number of ether oxygens (including phenoxy) is 1. The van der Waals surface area contributed by atoms with Gasteiger partial charge in [0.2, 0.25) is 0 Å². The van der Waals surface area contributed by atoms with Crippen LogP contribution in [0.1, 0.15) is 19.3 Å². The van der Waals surface area contributed by atoms with E-state index in [0.29, 0.717) is 12.0 Å². The van der Waals surface area contributed by atoms with Crippen molar-refractivity contribution < 1.29 is 4.74 Å². The maximum Gasteiger partial charge on any atom is 0.120 e. The first-order valence-corrected chi connectivity index (χ1v) is 8.13. The first kappa shape index (κ1) is 14.7. The molecular weight excluding hydrogens is 262 g/mol. The number of nitrogens with zero attached hydrogens (tertiary/aromatic N) is 2. The van der Waals surface area contributed by atoms with E-state index in [9.17, 15) is 0 Å². The molecule has 116 valence electrons. The van der Waals surface area contributed by atoms with Crippen LogP contribution in [0.4, 0.5) is 5.69 Å². The van der Waals surface area contributed by atoms with Gasteiger partial charge in [-0.15, -0.1) is 0 Å². The van der Waals surface area contributed by atoms with Crippen molar-refractivity contribution in [3.63, 3.8) is 0 Å². The lowest BCUT2D eigenvalue weighted by molar-refractivity contribution is 0.212. The van der Waals surface area contributed by atoms with E-state index in [1.54, 1.807) is 7.11 Å². The van der Waals surface area contributed by atoms with Gasteiger partial charge in [0.1, 0.15) is 5.75 Å². The second-order valence-electron chi connectivity index (χ2n) is 6.34. The Kier molecular flexibility index (Phi) is 4.66. The van der Waals surface area contributed by atoms with Gasteiger partial charge in [0, 0.05) is 50.5 Å². The Morgan fingerprint density at radius 2 is 2.00 bits per heavy atom. The van der Waals surface area contributed by atoms with E-state index in [0.717, 1.165) is 31.9 Å². The normalized spacial score (nSPS) is 27.0. The van der Waals surface area contributed by atoms with E-state index in [2.05, 4.69) is 28.0 Å². The van der Waals surface area contributed by atoms with Gasteiger partial charge in [-0.05, 0) is 30.9 Å². The Morgan fingerprint density at radius 3 is 2.67 bits per heavy atom. The van der Waals surface area contributed by atoms with Gasteiger partial charge < -0.3 is 15.4 Å². The molecular formula is C17H27N3O. The molecule has 1 heterocycles. The van der Waals surface area contributed by atoms with Crippen molar-refractivity contribution in [2.75, 3.05) is 44.7 Å². The number of rotatable bonds is 4. The van der Waals surface area contributed by atoms with Gasteiger partial charge in [-0.1, -0.05) is 12.5 Å². The maximum absolute atomic E-state index is 6.20. The zero-order valence-electron chi connectivity index (χ0n) is 13.0. The Balaban J connectivity index is 1.52. The minimum Gasteiger partial charge on any atom is -0.497 e. The van der Waals surface area contributed by atoms with E-state index in [1.165, 1.54) is 31.5 Å². The number of nitrogens with two attached hydrogens (primary N) is 1. The molecule has 0 bridgehead atoms. The lowest BCUT2D eigenvalue weighted by atomic mass is 10.0. The Morgan fingerprint density at radius 1 is 1.19 bits per heavy atom. The van der Waals surface area contributed by atoms with Crippen LogP contribution in [0.3, 0.4) is 0 Å². The highest BCUT2D eigenvalue weighted by Crippen LogP contribution is 2.26. The summed E-state index contributed by atoms with van der Waals surface area (Å²) in [4.78, 5) is 5.04. The van der Waals surface area contributed by atoms with Crippen molar-refractivity contribution in [2.24, 2.45) is 11.7 Å². The summed E-state index contributed by atoms with van der Waals surface area (Å²) >= 11 is 0. The van der Waals surface area contributed by atoms with Crippen molar-refractivity contribution in [1.29, 1.82) is 0 Å². The number of methoxy groups -OCH3 is 1. The summed E-state index contributed by atoms with van der Waals surface area (Å²) in [6.07, 6.45) is 3.85. The van der Waals surface area contributed by atoms with Crippen LogP contribution in [0.25, 0.3) is 0 Å². The van der Waals surface area contributed by atoms with Gasteiger partial charge in [0.15, 0.2) is 0 Å². The molecule has 0 aromatic heterocycles. The Bertz CT molecular complexity index is 457. The molecule has 4 nitrogen and oxygen atoms in total. The van der Waals surface area contributed by atoms with Crippen molar-refractivity contribution >= 4 is 5.69 Å². The molecule has 3 rings (SSSR count). The molecule has 0 radical (unpaired) electrons. The maximum atomic E-state index is 6.20. The molecule has 2 atom stereocenters. The van der Waals surface area contributed by atoms with Crippen LogP contribution in [0.5, 0.6) is 5.75 Å². The van der Waals surface area contributed by atoms with Crippen LogP contribution in [0.15, 0.2) is 24.3 Å². The van der Waals surface area contributed by atoms with Crippen LogP contribution < -0.4 is 15.4 Å². The summed E-state index contributed by atoms with van der Waals surface area (Å²) in [5.41, 5.74) is 7.47. The molecule has 2 fully saturated rings. The van der Waals surface area contributed by atoms with Crippen molar-refractivity contribution in [1.82, 2.24) is 4.90 Å². The number of hydrogen-bond acceptors (Lipinski definition) is 4. The Labute approximate surface area is 127 Å². The van der Waals surface area contributed by atoms with Gasteiger partial charge in [-0.3, -0.25) is 4.90 Å². The van der Waals surface area contributed by atoms with Crippen molar-refractivity contribution in [3.05, 3.63) is 24.3 Å². The third kappa shape index (κ3) is 3.50. The minimum atomic E-state index is 0.432. The van der Waals surface area contributed by atoms with Gasteiger partial charge in [-0.2, -0.15) is 0 Å². The van der Waals surface area contributed by atoms with Crippen molar-refractivity contribution in [2.45, 2.75) is 25.3 Å². The zero-order valence-corrected chi connectivity index (χ0v) is 13.0. The number of anilines is 1. The highest BCUT2D eigenvalue weighted by Gasteiger charge is 2.27. The molecule has 4 heteroatoms. The van der Waals surface area contributed by atoms with Gasteiger partial charge in [0.25, 0.3) is 0 Å². The third-order valence-corrected chi connectivity index (χ3v) is 5.00. The van der Waals surface area contributed by atoms with Gasteiger partial charge in [-0.25, -0.2) is 0 Å². The number of benzene rings is 1. The van der Waals surface area contributed by atoms with Crippen LogP contribution in [-0.2, 0) is 0 Å². The molecule has 21 heavy (non-hydrogen) atoms. The molecule has 2 unspecified atom stereocenters. The summed E-state index contributed by atoms with van der Waals surface area (Å²) in [5, 5.41) is 0. The molecule has 0 amide bonds. The minimum absolute atomic E-state index is 0.432. The second kappa shape index (κ2) is 6.67. The molecule has 2 N–H and O–H groups in total. The SMILES string of the molecule is COc1cccc(N2CCN(CC3CCCC3N)CC2)c1. The number of hydrogen-bond donors (Lipinski definition) is 1. The monoisotopic (exact) mass is 289 g/mol. The highest BCUT2D eigenvalue weighted by atomic mass is 16.5. The largest absolute Gasteiger partial charge is 0.497 e. The summed E-state index contributed by atoms with van der Waals surface area (Å²) < 4.78 is 5.32. The lowest BCUT2D eigenvalue weighted by Gasteiger charge is -2.37. The van der Waals surface area contributed by atoms with E-state index >= 15 is 0 Å². The van der Waals surface area contributed by atoms with E-state index in [-0.39, 0.29) is 0 Å². The average molecular weight is 289 g/mol. The van der Waals surface area contributed by atoms with Crippen LogP contribution >= 0.6 is 0 Å². The lowest BCUT2D eigenvalue weighted by Crippen LogP contribution is -2.49. The highest BCUT2D eigenvalue weighted by molar-refractivity contribution is 5.51. The summed E-state index contributed by atoms with van der Waals surface area (Å²) in [6.45, 7) is 5.65. The standard InChI is InChI=1S/C17H27N3O/c1-21-16-6-3-5-15(12-16)20-10-8-19(9-11-20)13-14-4-2-7-17(14)18/h3,5-6,12,14,17H,2,4,7-11,13,18H2,1H3. The summed E-state index contributed by atoms with van der Waals surface area (Å²) in [7, 11) is 1.72. The number of piperazine rings is 1. The van der Waals surface area contributed by atoms with Crippen molar-refractivity contribution in [3.8, 4) is 5.75 Å². The molecule has 1 saturated carbocycles. The molecule has 1 aromatic rings. The predicted octanol–water partition coefficient (Wildman–Crippen LogP) is 1.94. The summed E-state index contributed by atoms with van der Waals surface area (Å²) in [5.74, 6) is 1.65. The van der Waals surface area contributed by atoms with Gasteiger partial charge in [0.05, 0.1) is 7.11 Å². The second-order valence-corrected chi connectivity index (χ2v) is 6.34. The van der Waals surface area contributed by atoms with E-state index in [1.807, 2.05) is 6.07 Å². The predicted molar refractivity (Wildman–Crippen MR) is 87.0 cm³/mol. The molecule has 1 saturated heterocycles. The molecule has 2 aliphatic rings. The van der Waals surface area contributed by atoms with E-state index in [4.69, 9.17) is 10.5 Å². The van der Waals surface area contributed by atoms with Gasteiger partial charge >= 0.3 is 0 Å². The van der Waals surface area contributed by atoms with Crippen LogP contribution in [0, 0.1) is 5.92 Å². The third-order valence-electron chi connectivity index (χ3n) is 5.00. The fraction of sp³-hybridized carbons (Fsp3) is 0.647. The van der Waals surface area contributed by atoms with Crippen LogP contribution in [0.2, 0.25) is 0 Å². The summed E-state index contributed by atoms with van der Waals surface area (Å²) in [6, 6.07) is 8.80. The van der Waals surface area contributed by atoms with Crippen LogP contribution in [-0.4, -0.2) is 50.8 Å². The fourth-order valence-electron chi connectivity index (χ4n) is 3.62. The average Bonchev–Trinajstić information content (AvgIpc) is 2.93. The molecule has 0 spiro atoms. The fourth-order valence-corrected chi connectivity index (χ4v) is 3.62. The first-order valence-electron chi connectivity index (χ1n) is 8.13. The molecule has 1 aliphatic carbocycles. The van der Waals surface area contributed by atoms with E-state index < -0.39 is 0 Å². The smallest absolute Gasteiger partial charge is 0.120 e.